The van der Waals surface area contributed by atoms with E-state index in [1.165, 1.54) is 11.6 Å². The molecule has 0 aliphatic carbocycles. The molecule has 0 saturated heterocycles. The lowest BCUT2D eigenvalue weighted by Crippen LogP contribution is -2.14. The molecular formula is C20H25ClN4O3S. The van der Waals surface area contributed by atoms with Gasteiger partial charge in [0.05, 0.1) is 18.3 Å². The minimum absolute atomic E-state index is 0.0933. The Bertz CT molecular complexity index is 1150. The number of methoxy groups -OCH3 is 1. The normalized spacial score (nSPS) is 12.0. The van der Waals surface area contributed by atoms with Crippen LogP contribution in [0, 0.1) is 0 Å². The van der Waals surface area contributed by atoms with Crippen LogP contribution in [0.2, 0.25) is 5.02 Å². The number of ether oxygens (including phenoxy) is 1. The monoisotopic (exact) mass is 436 g/mol. The zero-order chi connectivity index (χ0) is 21.3. The third kappa shape index (κ3) is 4.05. The first kappa shape index (κ1) is 21.4. The maximum atomic E-state index is 12.0. The predicted octanol–water partition coefficient (Wildman–Crippen LogP) is 4.53. The molecule has 0 bridgehead atoms. The van der Waals surface area contributed by atoms with Gasteiger partial charge in [0.15, 0.2) is 0 Å². The van der Waals surface area contributed by atoms with Gasteiger partial charge in [-0.05, 0) is 48.6 Å². The first-order chi connectivity index (χ1) is 13.7. The van der Waals surface area contributed by atoms with Gasteiger partial charge in [-0.3, -0.25) is 0 Å². The van der Waals surface area contributed by atoms with Crippen molar-refractivity contribution in [3.8, 4) is 5.75 Å². The molecule has 3 aromatic rings. The van der Waals surface area contributed by atoms with Crippen molar-refractivity contribution >= 4 is 44.3 Å². The van der Waals surface area contributed by atoms with Crippen LogP contribution >= 0.6 is 11.6 Å². The van der Waals surface area contributed by atoms with E-state index in [1.807, 2.05) is 17.7 Å². The lowest BCUT2D eigenvalue weighted by Gasteiger charge is -2.16. The molecule has 0 fully saturated rings. The third-order valence-electron chi connectivity index (χ3n) is 5.16. The molecule has 2 aromatic carbocycles. The van der Waals surface area contributed by atoms with Gasteiger partial charge in [0.25, 0.3) is 0 Å². The lowest BCUT2D eigenvalue weighted by molar-refractivity contribution is 0.418. The molecule has 1 aromatic heterocycles. The highest BCUT2D eigenvalue weighted by molar-refractivity contribution is 7.89. The first-order valence-corrected chi connectivity index (χ1v) is 11.3. The second-order valence-corrected chi connectivity index (χ2v) is 8.84. The molecule has 3 N–H and O–H groups in total. The van der Waals surface area contributed by atoms with Gasteiger partial charge in [0.1, 0.15) is 16.2 Å². The summed E-state index contributed by atoms with van der Waals surface area (Å²) in [5.74, 6) is 1.51. The largest absolute Gasteiger partial charge is 0.494 e. The molecule has 0 saturated carbocycles. The summed E-state index contributed by atoms with van der Waals surface area (Å²) < 4.78 is 31.4. The SMILES string of the molecule is CCC(CC)c1ccc(OC)c2nc(Nc3ccc(Cl)cc3S(N)(=O)=O)n(C)c12. The summed E-state index contributed by atoms with van der Waals surface area (Å²) in [4.78, 5) is 4.60. The molecule has 156 valence electrons. The van der Waals surface area contributed by atoms with Crippen molar-refractivity contribution in [2.75, 3.05) is 12.4 Å². The fourth-order valence-electron chi connectivity index (χ4n) is 3.61. The van der Waals surface area contributed by atoms with Crippen LogP contribution in [0.3, 0.4) is 0 Å². The Kier molecular flexibility index (Phi) is 6.07. The van der Waals surface area contributed by atoms with E-state index in [2.05, 4.69) is 25.2 Å². The number of imidazole rings is 1. The van der Waals surface area contributed by atoms with E-state index < -0.39 is 10.0 Å². The van der Waals surface area contributed by atoms with Gasteiger partial charge in [0, 0.05) is 12.1 Å². The van der Waals surface area contributed by atoms with Crippen LogP contribution in [0.4, 0.5) is 11.6 Å². The summed E-state index contributed by atoms with van der Waals surface area (Å²) in [6, 6.07) is 8.48. The van der Waals surface area contributed by atoms with Gasteiger partial charge in [-0.2, -0.15) is 0 Å². The number of aryl methyl sites for hydroxylation is 1. The second-order valence-electron chi connectivity index (χ2n) is 6.87. The van der Waals surface area contributed by atoms with Crippen LogP contribution in [0.1, 0.15) is 38.2 Å². The molecule has 3 rings (SSSR count). The number of fused-ring (bicyclic) bond motifs is 1. The van der Waals surface area contributed by atoms with E-state index >= 15 is 0 Å². The van der Waals surface area contributed by atoms with Gasteiger partial charge in [-0.15, -0.1) is 0 Å². The number of hydrogen-bond donors (Lipinski definition) is 2. The highest BCUT2D eigenvalue weighted by Gasteiger charge is 2.21. The number of nitrogens with zero attached hydrogens (tertiary/aromatic N) is 2. The Morgan fingerprint density at radius 2 is 1.93 bits per heavy atom. The Labute approximate surface area is 175 Å². The summed E-state index contributed by atoms with van der Waals surface area (Å²) >= 11 is 5.96. The number of benzene rings is 2. The molecule has 7 nitrogen and oxygen atoms in total. The Morgan fingerprint density at radius 3 is 2.52 bits per heavy atom. The average molecular weight is 437 g/mol. The molecule has 29 heavy (non-hydrogen) atoms. The van der Waals surface area contributed by atoms with E-state index in [1.54, 1.807) is 19.2 Å². The quantitative estimate of drug-likeness (QED) is 0.566. The van der Waals surface area contributed by atoms with Crippen molar-refractivity contribution in [1.82, 2.24) is 9.55 Å². The van der Waals surface area contributed by atoms with Crippen molar-refractivity contribution in [3.63, 3.8) is 0 Å². The second kappa shape index (κ2) is 8.22. The molecule has 0 aliphatic heterocycles. The minimum Gasteiger partial charge on any atom is -0.494 e. The number of sulfonamides is 1. The smallest absolute Gasteiger partial charge is 0.240 e. The number of halogens is 1. The van der Waals surface area contributed by atoms with Crippen LogP contribution in [0.5, 0.6) is 5.75 Å². The van der Waals surface area contributed by atoms with Crippen LogP contribution in [-0.2, 0) is 17.1 Å². The zero-order valence-electron chi connectivity index (χ0n) is 16.9. The van der Waals surface area contributed by atoms with Gasteiger partial charge in [-0.1, -0.05) is 31.5 Å². The molecule has 9 heteroatoms. The third-order valence-corrected chi connectivity index (χ3v) is 6.34. The van der Waals surface area contributed by atoms with E-state index in [9.17, 15) is 8.42 Å². The molecule has 0 atom stereocenters. The molecular weight excluding hydrogens is 412 g/mol. The molecule has 0 radical (unpaired) electrons. The highest BCUT2D eigenvalue weighted by atomic mass is 35.5. The van der Waals surface area contributed by atoms with Gasteiger partial charge < -0.3 is 14.6 Å². The van der Waals surface area contributed by atoms with Crippen LogP contribution in [0.15, 0.2) is 35.2 Å². The van der Waals surface area contributed by atoms with E-state index in [4.69, 9.17) is 26.5 Å². The molecule has 0 spiro atoms. The summed E-state index contributed by atoms with van der Waals surface area (Å²) in [6.07, 6.45) is 2.00. The predicted molar refractivity (Wildman–Crippen MR) is 117 cm³/mol. The van der Waals surface area contributed by atoms with Crippen molar-refractivity contribution in [2.24, 2.45) is 12.2 Å². The topological polar surface area (TPSA) is 99.2 Å². The number of nitrogens with two attached hydrogens (primary N) is 1. The van der Waals surface area contributed by atoms with Crippen molar-refractivity contribution in [1.29, 1.82) is 0 Å². The van der Waals surface area contributed by atoms with Crippen molar-refractivity contribution in [2.45, 2.75) is 37.5 Å². The summed E-state index contributed by atoms with van der Waals surface area (Å²) in [5, 5.41) is 8.74. The first-order valence-electron chi connectivity index (χ1n) is 9.33. The minimum atomic E-state index is -3.97. The Balaban J connectivity index is 2.20. The molecule has 1 heterocycles. The molecule has 0 amide bonds. The molecule has 0 aliphatic rings. The summed E-state index contributed by atoms with van der Waals surface area (Å²) in [7, 11) is -0.483. The van der Waals surface area contributed by atoms with Gasteiger partial charge in [0.2, 0.25) is 16.0 Å². The number of rotatable bonds is 7. The zero-order valence-corrected chi connectivity index (χ0v) is 18.4. The Hall–Kier alpha value is -2.29. The fraction of sp³-hybridized carbons (Fsp3) is 0.350. The number of anilines is 2. The number of hydrogen-bond acceptors (Lipinski definition) is 5. The number of primary sulfonamides is 1. The van der Waals surface area contributed by atoms with Crippen molar-refractivity contribution in [3.05, 3.63) is 40.9 Å². The Morgan fingerprint density at radius 1 is 1.24 bits per heavy atom. The maximum Gasteiger partial charge on any atom is 0.240 e. The number of nitrogens with one attached hydrogen (secondary N) is 1. The van der Waals surface area contributed by atoms with E-state index in [-0.39, 0.29) is 9.92 Å². The summed E-state index contributed by atoms with van der Waals surface area (Å²) in [6.45, 7) is 4.32. The van der Waals surface area contributed by atoms with Crippen LogP contribution in [0.25, 0.3) is 11.0 Å². The van der Waals surface area contributed by atoms with Crippen LogP contribution < -0.4 is 15.2 Å². The lowest BCUT2D eigenvalue weighted by atomic mass is 9.92. The van der Waals surface area contributed by atoms with E-state index in [0.717, 1.165) is 18.4 Å². The molecule has 0 unspecified atom stereocenters. The van der Waals surface area contributed by atoms with Gasteiger partial charge in [-0.25, -0.2) is 18.5 Å². The fourth-order valence-corrected chi connectivity index (χ4v) is 4.57. The van der Waals surface area contributed by atoms with Gasteiger partial charge >= 0.3 is 0 Å². The summed E-state index contributed by atoms with van der Waals surface area (Å²) in [5.41, 5.74) is 3.15. The highest BCUT2D eigenvalue weighted by Crippen LogP contribution is 2.37. The maximum absolute atomic E-state index is 12.0. The standard InChI is InChI=1S/C20H25ClN4O3S/c1-5-12(6-2)14-8-10-16(28-4)18-19(14)25(3)20(24-18)23-15-9-7-13(21)11-17(15)29(22,26)27/h7-12H,5-6H2,1-4H3,(H,23,24)(H2,22,26,27). The van der Waals surface area contributed by atoms with Crippen molar-refractivity contribution < 1.29 is 13.2 Å². The van der Waals surface area contributed by atoms with Crippen LogP contribution in [-0.4, -0.2) is 25.1 Å². The van der Waals surface area contributed by atoms with E-state index in [0.29, 0.717) is 28.8 Å². The average Bonchev–Trinajstić information content (AvgIpc) is 3.00. The number of aromatic nitrogens is 2.